The minimum atomic E-state index is 0. The van der Waals surface area contributed by atoms with Crippen LogP contribution in [0.1, 0.15) is 25.5 Å². The maximum atomic E-state index is 6.03. The van der Waals surface area contributed by atoms with Gasteiger partial charge in [0.2, 0.25) is 0 Å². The van der Waals surface area contributed by atoms with E-state index in [2.05, 4.69) is 41.5 Å². The molecule has 0 radical (unpaired) electrons. The van der Waals surface area contributed by atoms with E-state index in [-0.39, 0.29) is 30.0 Å². The van der Waals surface area contributed by atoms with Gasteiger partial charge in [-0.15, -0.1) is 24.0 Å². The lowest BCUT2D eigenvalue weighted by atomic mass is 10.0. The molecule has 0 amide bonds. The van der Waals surface area contributed by atoms with Crippen LogP contribution in [0.5, 0.6) is 0 Å². The van der Waals surface area contributed by atoms with Gasteiger partial charge in [-0.25, -0.2) is 0 Å². The lowest BCUT2D eigenvalue weighted by Crippen LogP contribution is -2.41. The van der Waals surface area contributed by atoms with Gasteiger partial charge < -0.3 is 15.4 Å². The average molecular weight is 467 g/mol. The Labute approximate surface area is 167 Å². The largest absolute Gasteiger partial charge is 0.379 e. The van der Waals surface area contributed by atoms with Gasteiger partial charge in [0, 0.05) is 31.2 Å². The highest BCUT2D eigenvalue weighted by Gasteiger charge is 2.22. The lowest BCUT2D eigenvalue weighted by Gasteiger charge is -2.34. The summed E-state index contributed by atoms with van der Waals surface area (Å²) in [6.45, 7) is 9.99. The maximum absolute atomic E-state index is 6.03. The Morgan fingerprint density at radius 1 is 1.17 bits per heavy atom. The summed E-state index contributed by atoms with van der Waals surface area (Å²) >= 11 is 6.03. The fourth-order valence-electron chi connectivity index (χ4n) is 2.69. The number of nitrogens with zero attached hydrogens (tertiary/aromatic N) is 2. The molecule has 1 fully saturated rings. The third-order valence-electron chi connectivity index (χ3n) is 3.85. The summed E-state index contributed by atoms with van der Waals surface area (Å²) in [6, 6.07) is 8.33. The molecular formula is C17H28ClIN4O. The van der Waals surface area contributed by atoms with Crippen molar-refractivity contribution in [2.75, 3.05) is 45.9 Å². The summed E-state index contributed by atoms with van der Waals surface area (Å²) in [6.07, 6.45) is 0. The molecule has 7 heteroatoms. The zero-order valence-electron chi connectivity index (χ0n) is 14.4. The maximum Gasteiger partial charge on any atom is 0.191 e. The van der Waals surface area contributed by atoms with Crippen molar-refractivity contribution in [1.82, 2.24) is 15.5 Å². The second-order valence-electron chi connectivity index (χ2n) is 5.47. The summed E-state index contributed by atoms with van der Waals surface area (Å²) in [7, 11) is 0. The van der Waals surface area contributed by atoms with Gasteiger partial charge >= 0.3 is 0 Å². The van der Waals surface area contributed by atoms with Gasteiger partial charge in [0.15, 0.2) is 5.96 Å². The van der Waals surface area contributed by atoms with Crippen molar-refractivity contribution < 1.29 is 4.74 Å². The van der Waals surface area contributed by atoms with Crippen LogP contribution in [0.3, 0.4) is 0 Å². The molecule has 1 atom stereocenters. The number of rotatable bonds is 6. The van der Waals surface area contributed by atoms with E-state index in [1.807, 2.05) is 12.1 Å². The summed E-state index contributed by atoms with van der Waals surface area (Å²) in [5.74, 6) is 0.863. The van der Waals surface area contributed by atoms with Crippen LogP contribution in [-0.4, -0.2) is 56.8 Å². The molecule has 2 rings (SSSR count). The molecule has 1 aromatic carbocycles. The zero-order chi connectivity index (χ0) is 16.5. The number of guanidine groups is 1. The Bertz CT molecular complexity index is 484. The number of morpholine rings is 1. The molecule has 0 aromatic heterocycles. The van der Waals surface area contributed by atoms with E-state index in [4.69, 9.17) is 21.3 Å². The minimum Gasteiger partial charge on any atom is -0.379 e. The highest BCUT2D eigenvalue weighted by atomic mass is 127. The predicted molar refractivity (Wildman–Crippen MR) is 112 cm³/mol. The molecule has 2 N–H and O–H groups in total. The third-order valence-corrected chi connectivity index (χ3v) is 4.10. The second kappa shape index (κ2) is 11.9. The van der Waals surface area contributed by atoms with Gasteiger partial charge in [0.25, 0.3) is 0 Å². The van der Waals surface area contributed by atoms with E-state index < -0.39 is 0 Å². The molecule has 5 nitrogen and oxygen atoms in total. The topological polar surface area (TPSA) is 48.9 Å². The van der Waals surface area contributed by atoms with Crippen LogP contribution in [0.4, 0.5) is 0 Å². The van der Waals surface area contributed by atoms with Gasteiger partial charge in [-0.3, -0.25) is 9.89 Å². The monoisotopic (exact) mass is 466 g/mol. The van der Waals surface area contributed by atoms with Crippen molar-refractivity contribution in [1.29, 1.82) is 0 Å². The van der Waals surface area contributed by atoms with Gasteiger partial charge in [-0.2, -0.15) is 0 Å². The van der Waals surface area contributed by atoms with E-state index in [1.54, 1.807) is 0 Å². The molecule has 24 heavy (non-hydrogen) atoms. The predicted octanol–water partition coefficient (Wildman–Crippen LogP) is 2.91. The Kier molecular flexibility index (Phi) is 10.6. The van der Waals surface area contributed by atoms with Crippen LogP contribution in [0.15, 0.2) is 29.3 Å². The lowest BCUT2D eigenvalue weighted by molar-refractivity contribution is 0.0180. The van der Waals surface area contributed by atoms with Gasteiger partial charge in [0.05, 0.1) is 25.8 Å². The van der Waals surface area contributed by atoms with Crippen LogP contribution in [0.25, 0.3) is 0 Å². The van der Waals surface area contributed by atoms with Crippen molar-refractivity contribution in [2.24, 2.45) is 4.99 Å². The van der Waals surface area contributed by atoms with Crippen molar-refractivity contribution in [3.63, 3.8) is 0 Å². The molecule has 1 heterocycles. The van der Waals surface area contributed by atoms with E-state index in [9.17, 15) is 0 Å². The number of halogens is 2. The van der Waals surface area contributed by atoms with E-state index in [0.717, 1.165) is 50.4 Å². The van der Waals surface area contributed by atoms with E-state index in [0.29, 0.717) is 6.54 Å². The Morgan fingerprint density at radius 2 is 1.75 bits per heavy atom. The molecule has 0 aliphatic carbocycles. The molecule has 0 spiro atoms. The molecule has 1 saturated heterocycles. The molecular weight excluding hydrogens is 439 g/mol. The molecule has 136 valence electrons. The fourth-order valence-corrected chi connectivity index (χ4v) is 2.82. The number of benzene rings is 1. The summed E-state index contributed by atoms with van der Waals surface area (Å²) in [5, 5.41) is 7.32. The standard InChI is InChI=1S/C17H27ClN4O.HI/c1-3-19-17(20-4-2)21-13-16(22-9-11-23-12-10-22)14-5-7-15(18)8-6-14;/h5-8,16H,3-4,9-13H2,1-2H3,(H2,19,20,21);1H. The molecule has 0 bridgehead atoms. The Balaban J connectivity index is 0.00000288. The zero-order valence-corrected chi connectivity index (χ0v) is 17.5. The second-order valence-corrected chi connectivity index (χ2v) is 5.90. The highest BCUT2D eigenvalue weighted by Crippen LogP contribution is 2.24. The average Bonchev–Trinajstić information content (AvgIpc) is 2.58. The van der Waals surface area contributed by atoms with Crippen LogP contribution in [0.2, 0.25) is 5.02 Å². The summed E-state index contributed by atoms with van der Waals surface area (Å²) in [4.78, 5) is 7.19. The van der Waals surface area contributed by atoms with Crippen molar-refractivity contribution in [3.05, 3.63) is 34.9 Å². The number of hydrogen-bond donors (Lipinski definition) is 2. The Morgan fingerprint density at radius 3 is 2.29 bits per heavy atom. The SMILES string of the molecule is CCNC(=NCC(c1ccc(Cl)cc1)N1CCOCC1)NCC.I. The third kappa shape index (κ3) is 6.74. The smallest absolute Gasteiger partial charge is 0.191 e. The number of ether oxygens (including phenoxy) is 1. The molecule has 1 aliphatic rings. The van der Waals surface area contributed by atoms with Gasteiger partial charge in [-0.05, 0) is 31.5 Å². The van der Waals surface area contributed by atoms with Crippen LogP contribution >= 0.6 is 35.6 Å². The summed E-state index contributed by atoms with van der Waals surface area (Å²) < 4.78 is 5.48. The van der Waals surface area contributed by atoms with Gasteiger partial charge in [-0.1, -0.05) is 23.7 Å². The molecule has 1 aliphatic heterocycles. The highest BCUT2D eigenvalue weighted by molar-refractivity contribution is 14.0. The first-order chi connectivity index (χ1) is 11.2. The van der Waals surface area contributed by atoms with Gasteiger partial charge in [0.1, 0.15) is 0 Å². The quantitative estimate of drug-likeness (QED) is 0.384. The first-order valence-electron chi connectivity index (χ1n) is 8.34. The van der Waals surface area contributed by atoms with E-state index in [1.165, 1.54) is 5.56 Å². The van der Waals surface area contributed by atoms with Crippen molar-refractivity contribution >= 4 is 41.5 Å². The molecule has 1 aromatic rings. The van der Waals surface area contributed by atoms with Crippen molar-refractivity contribution in [2.45, 2.75) is 19.9 Å². The van der Waals surface area contributed by atoms with Crippen LogP contribution in [0, 0.1) is 0 Å². The first kappa shape index (κ1) is 21.5. The number of hydrogen-bond acceptors (Lipinski definition) is 3. The number of nitrogens with one attached hydrogen (secondary N) is 2. The van der Waals surface area contributed by atoms with Crippen LogP contribution in [-0.2, 0) is 4.74 Å². The summed E-state index contributed by atoms with van der Waals surface area (Å²) in [5.41, 5.74) is 1.24. The van der Waals surface area contributed by atoms with Crippen LogP contribution < -0.4 is 10.6 Å². The first-order valence-corrected chi connectivity index (χ1v) is 8.71. The molecule has 1 unspecified atom stereocenters. The normalized spacial score (nSPS) is 16.0. The number of aliphatic imine (C=N–C) groups is 1. The van der Waals surface area contributed by atoms with E-state index >= 15 is 0 Å². The minimum absolute atomic E-state index is 0. The fraction of sp³-hybridized carbons (Fsp3) is 0.588. The van der Waals surface area contributed by atoms with Crippen molar-refractivity contribution in [3.8, 4) is 0 Å². The molecule has 0 saturated carbocycles. The Hall–Kier alpha value is -0.570.